The third kappa shape index (κ3) is 2.29. The average molecular weight is 323 g/mol. The van der Waals surface area contributed by atoms with Crippen molar-refractivity contribution in [1.82, 2.24) is 28.5 Å². The van der Waals surface area contributed by atoms with Crippen molar-refractivity contribution in [3.8, 4) is 11.3 Å². The van der Waals surface area contributed by atoms with E-state index in [0.29, 0.717) is 0 Å². The van der Waals surface area contributed by atoms with Crippen LogP contribution in [0.15, 0.2) is 31.0 Å². The number of aryl methyl sites for hydroxylation is 2. The molecule has 0 saturated carbocycles. The van der Waals surface area contributed by atoms with Crippen molar-refractivity contribution in [2.24, 2.45) is 7.05 Å². The van der Waals surface area contributed by atoms with E-state index < -0.39 is 0 Å². The highest BCUT2D eigenvalue weighted by molar-refractivity contribution is 7.11. The van der Waals surface area contributed by atoms with Gasteiger partial charge in [0, 0.05) is 36.9 Å². The summed E-state index contributed by atoms with van der Waals surface area (Å²) in [7, 11) is 3.95. The lowest BCUT2D eigenvalue weighted by atomic mass is 9.97. The molecule has 4 aromatic heterocycles. The van der Waals surface area contributed by atoms with Crippen LogP contribution in [0.2, 0.25) is 0 Å². The molecular formula is C14H14BN7S. The molecule has 0 aliphatic heterocycles. The van der Waals surface area contributed by atoms with Gasteiger partial charge in [-0.2, -0.15) is 9.47 Å². The maximum absolute atomic E-state index is 4.52. The van der Waals surface area contributed by atoms with E-state index in [1.807, 2.05) is 51.0 Å². The zero-order valence-corrected chi connectivity index (χ0v) is 13.8. The Balaban J connectivity index is 1.80. The second kappa shape index (κ2) is 5.20. The van der Waals surface area contributed by atoms with Crippen LogP contribution in [0.4, 0.5) is 10.8 Å². The molecule has 0 atom stereocenters. The highest BCUT2D eigenvalue weighted by atomic mass is 32.1. The highest BCUT2D eigenvalue weighted by Crippen LogP contribution is 2.25. The topological polar surface area (TPSA) is 72.9 Å². The molecule has 0 aliphatic carbocycles. The van der Waals surface area contributed by atoms with Gasteiger partial charge in [-0.3, -0.25) is 9.08 Å². The smallest absolute Gasteiger partial charge is 0.180 e. The van der Waals surface area contributed by atoms with Gasteiger partial charge in [-0.25, -0.2) is 9.97 Å². The molecule has 1 N–H and O–H groups in total. The monoisotopic (exact) mass is 323 g/mol. The van der Waals surface area contributed by atoms with Gasteiger partial charge >= 0.3 is 0 Å². The van der Waals surface area contributed by atoms with Crippen LogP contribution in [0.5, 0.6) is 0 Å². The summed E-state index contributed by atoms with van der Waals surface area (Å²) in [4.78, 5) is 8.95. The van der Waals surface area contributed by atoms with E-state index in [2.05, 4.69) is 24.8 Å². The van der Waals surface area contributed by atoms with Gasteiger partial charge in [-0.05, 0) is 23.9 Å². The lowest BCUT2D eigenvalue weighted by Gasteiger charge is -2.06. The molecule has 4 aromatic rings. The van der Waals surface area contributed by atoms with Crippen molar-refractivity contribution in [3.63, 3.8) is 0 Å². The Labute approximate surface area is 137 Å². The number of fused-ring (bicyclic) bond motifs is 1. The standard InChI is InChI=1S/C14H14BN7S/c1-8-11(15)14(23-20-8)19-12-13-17-6-10(22(13)4-3-16-12)9-5-18-21(2)7-9/h3-7H,15H2,1-2H3,(H,16,19). The van der Waals surface area contributed by atoms with E-state index in [9.17, 15) is 0 Å². The molecule has 0 bridgehead atoms. The first kappa shape index (κ1) is 14.0. The fourth-order valence-corrected chi connectivity index (χ4v) is 3.21. The molecule has 4 heterocycles. The SMILES string of the molecule is Bc1c(C)nsc1Nc1nccn2c(-c3cnn(C)c3)cnc12. The predicted octanol–water partition coefficient (Wildman–Crippen LogP) is 0.897. The lowest BCUT2D eigenvalue weighted by molar-refractivity contribution is 0.768. The molecule has 0 fully saturated rings. The first-order valence-corrected chi connectivity index (χ1v) is 7.92. The fraction of sp³-hybridized carbons (Fsp3) is 0.143. The van der Waals surface area contributed by atoms with Gasteiger partial charge in [0.1, 0.15) is 12.8 Å². The van der Waals surface area contributed by atoms with Crippen LogP contribution in [0.25, 0.3) is 16.9 Å². The zero-order valence-electron chi connectivity index (χ0n) is 13.0. The molecule has 0 radical (unpaired) electrons. The largest absolute Gasteiger partial charge is 0.328 e. The molecule has 0 saturated heterocycles. The molecule has 4 rings (SSSR count). The Kier molecular flexibility index (Phi) is 3.15. The van der Waals surface area contributed by atoms with Gasteiger partial charge in [0.25, 0.3) is 0 Å². The van der Waals surface area contributed by atoms with Crippen LogP contribution in [-0.2, 0) is 7.05 Å². The van der Waals surface area contributed by atoms with Crippen molar-refractivity contribution in [1.29, 1.82) is 0 Å². The Bertz CT molecular complexity index is 1000. The summed E-state index contributed by atoms with van der Waals surface area (Å²) in [5, 5.41) is 8.56. The number of hydrogen-bond acceptors (Lipinski definition) is 6. The number of aromatic nitrogens is 6. The predicted molar refractivity (Wildman–Crippen MR) is 93.5 cm³/mol. The second-order valence-electron chi connectivity index (χ2n) is 5.36. The summed E-state index contributed by atoms with van der Waals surface area (Å²) < 4.78 is 8.15. The van der Waals surface area contributed by atoms with E-state index in [4.69, 9.17) is 0 Å². The highest BCUT2D eigenvalue weighted by Gasteiger charge is 2.13. The molecule has 0 amide bonds. The quantitative estimate of drug-likeness (QED) is 0.567. The van der Waals surface area contributed by atoms with E-state index in [1.165, 1.54) is 11.5 Å². The van der Waals surface area contributed by atoms with Gasteiger partial charge in [0.2, 0.25) is 0 Å². The van der Waals surface area contributed by atoms with Crippen molar-refractivity contribution < 1.29 is 0 Å². The summed E-state index contributed by atoms with van der Waals surface area (Å²) in [6, 6.07) is 0. The maximum Gasteiger partial charge on any atom is 0.180 e. The summed E-state index contributed by atoms with van der Waals surface area (Å²) in [5.74, 6) is 0.717. The third-order valence-electron chi connectivity index (χ3n) is 3.82. The number of imidazole rings is 1. The molecule has 7 nitrogen and oxygen atoms in total. The first-order valence-electron chi connectivity index (χ1n) is 7.14. The summed E-state index contributed by atoms with van der Waals surface area (Å²) in [5.41, 5.74) is 4.94. The van der Waals surface area contributed by atoms with Crippen LogP contribution in [0.1, 0.15) is 5.69 Å². The van der Waals surface area contributed by atoms with E-state index in [0.717, 1.165) is 38.9 Å². The Morgan fingerprint density at radius 1 is 1.26 bits per heavy atom. The number of rotatable bonds is 3. The van der Waals surface area contributed by atoms with Crippen LogP contribution >= 0.6 is 11.5 Å². The lowest BCUT2D eigenvalue weighted by Crippen LogP contribution is -2.09. The molecule has 0 aromatic carbocycles. The summed E-state index contributed by atoms with van der Waals surface area (Å²) in [6.45, 7) is 2.00. The fourth-order valence-electron chi connectivity index (χ4n) is 2.41. The minimum absolute atomic E-state index is 0.717. The third-order valence-corrected chi connectivity index (χ3v) is 4.77. The van der Waals surface area contributed by atoms with Gasteiger partial charge in [-0.1, -0.05) is 0 Å². The molecule has 0 aliphatic rings. The first-order chi connectivity index (χ1) is 11.1. The number of nitrogens with zero attached hydrogens (tertiary/aromatic N) is 6. The zero-order chi connectivity index (χ0) is 16.0. The molecule has 0 spiro atoms. The summed E-state index contributed by atoms with van der Waals surface area (Å²) in [6.07, 6.45) is 9.30. The molecule has 23 heavy (non-hydrogen) atoms. The van der Waals surface area contributed by atoms with Crippen molar-refractivity contribution in [2.75, 3.05) is 5.32 Å². The molecule has 114 valence electrons. The van der Waals surface area contributed by atoms with E-state index in [-0.39, 0.29) is 0 Å². The number of nitrogens with one attached hydrogen (secondary N) is 1. The Morgan fingerprint density at radius 3 is 2.83 bits per heavy atom. The molecule has 9 heteroatoms. The normalized spacial score (nSPS) is 11.2. The Morgan fingerprint density at radius 2 is 2.13 bits per heavy atom. The van der Waals surface area contributed by atoms with E-state index >= 15 is 0 Å². The molecular weight excluding hydrogens is 309 g/mol. The minimum atomic E-state index is 0.717. The average Bonchev–Trinajstić information content (AvgIpc) is 3.23. The van der Waals surface area contributed by atoms with Gasteiger partial charge < -0.3 is 5.32 Å². The van der Waals surface area contributed by atoms with Crippen LogP contribution in [0.3, 0.4) is 0 Å². The minimum Gasteiger partial charge on any atom is -0.328 e. The van der Waals surface area contributed by atoms with Crippen LogP contribution in [-0.4, -0.2) is 36.4 Å². The van der Waals surface area contributed by atoms with Crippen LogP contribution in [0, 0.1) is 6.92 Å². The number of anilines is 2. The molecule has 0 unspecified atom stereocenters. The maximum atomic E-state index is 4.52. The summed E-state index contributed by atoms with van der Waals surface area (Å²) >= 11 is 1.43. The van der Waals surface area contributed by atoms with Gasteiger partial charge in [0.15, 0.2) is 11.5 Å². The van der Waals surface area contributed by atoms with Crippen LogP contribution < -0.4 is 10.8 Å². The number of hydrogen-bond donors (Lipinski definition) is 1. The van der Waals surface area contributed by atoms with E-state index in [1.54, 1.807) is 10.9 Å². The van der Waals surface area contributed by atoms with Gasteiger partial charge in [0.05, 0.1) is 18.1 Å². The van der Waals surface area contributed by atoms with Crippen molar-refractivity contribution in [2.45, 2.75) is 6.92 Å². The van der Waals surface area contributed by atoms with Gasteiger partial charge in [-0.15, -0.1) is 0 Å². The van der Waals surface area contributed by atoms with Crippen molar-refractivity contribution in [3.05, 3.63) is 36.7 Å². The second-order valence-corrected chi connectivity index (χ2v) is 6.14. The Hall–Kier alpha value is -2.68. The van der Waals surface area contributed by atoms with Crippen molar-refractivity contribution >= 4 is 41.3 Å².